The highest BCUT2D eigenvalue weighted by molar-refractivity contribution is 7.90. The van der Waals surface area contributed by atoms with Crippen LogP contribution in [0.5, 0.6) is 0 Å². The van der Waals surface area contributed by atoms with Crippen molar-refractivity contribution in [2.24, 2.45) is 0 Å². The Kier molecular flexibility index (Phi) is 5.15. The summed E-state index contributed by atoms with van der Waals surface area (Å²) in [4.78, 5) is 13.1. The largest absolute Gasteiger partial charge is 0.354 e. The van der Waals surface area contributed by atoms with Gasteiger partial charge in [0.05, 0.1) is 0 Å². The number of H-pyrrole nitrogens is 1. The van der Waals surface area contributed by atoms with E-state index in [0.717, 1.165) is 43.7 Å². The molecule has 1 saturated heterocycles. The van der Waals surface area contributed by atoms with Gasteiger partial charge >= 0.3 is 0 Å². The SMILES string of the molecule is CCc1c(Nc2cc(C)[nH]n2)nc(S(C)(=O)=O)nc1N1CCN(C)CC1. The van der Waals surface area contributed by atoms with E-state index in [9.17, 15) is 8.42 Å². The zero-order valence-corrected chi connectivity index (χ0v) is 16.4. The van der Waals surface area contributed by atoms with E-state index in [1.165, 1.54) is 0 Å². The molecule has 26 heavy (non-hydrogen) atoms. The molecule has 1 aliphatic rings. The Labute approximate surface area is 153 Å². The summed E-state index contributed by atoms with van der Waals surface area (Å²) in [6, 6.07) is 1.84. The van der Waals surface area contributed by atoms with Crippen molar-refractivity contribution in [2.75, 3.05) is 49.7 Å². The van der Waals surface area contributed by atoms with E-state index in [1.807, 2.05) is 19.9 Å². The first kappa shape index (κ1) is 18.6. The number of aromatic amines is 1. The molecule has 0 amide bonds. The van der Waals surface area contributed by atoms with Crippen molar-refractivity contribution in [2.45, 2.75) is 25.4 Å². The Morgan fingerprint density at radius 3 is 2.46 bits per heavy atom. The van der Waals surface area contributed by atoms with Crippen LogP contribution in [-0.4, -0.2) is 73.0 Å². The molecule has 0 radical (unpaired) electrons. The molecule has 0 unspecified atom stereocenters. The quantitative estimate of drug-likeness (QED) is 0.740. The number of hydrogen-bond acceptors (Lipinski definition) is 8. The van der Waals surface area contributed by atoms with Gasteiger partial charge in [-0.2, -0.15) is 5.10 Å². The maximum Gasteiger partial charge on any atom is 0.250 e. The average Bonchev–Trinajstić information content (AvgIpc) is 2.99. The Bertz CT molecular complexity index is 886. The smallest absolute Gasteiger partial charge is 0.250 e. The lowest BCUT2D eigenvalue weighted by atomic mass is 10.2. The number of nitrogens with one attached hydrogen (secondary N) is 2. The van der Waals surface area contributed by atoms with Gasteiger partial charge in [0.1, 0.15) is 11.6 Å². The van der Waals surface area contributed by atoms with Crippen LogP contribution in [0, 0.1) is 6.92 Å². The molecule has 0 spiro atoms. The number of likely N-dealkylation sites (N-methyl/N-ethyl adjacent to an activating group) is 1. The summed E-state index contributed by atoms with van der Waals surface area (Å²) >= 11 is 0. The molecule has 2 aromatic rings. The fourth-order valence-electron chi connectivity index (χ4n) is 2.93. The van der Waals surface area contributed by atoms with Gasteiger partial charge in [0.15, 0.2) is 5.82 Å². The van der Waals surface area contributed by atoms with Crippen molar-refractivity contribution < 1.29 is 8.42 Å². The number of rotatable bonds is 5. The van der Waals surface area contributed by atoms with Gasteiger partial charge in [0.2, 0.25) is 9.84 Å². The van der Waals surface area contributed by atoms with Crippen molar-refractivity contribution in [3.8, 4) is 0 Å². The van der Waals surface area contributed by atoms with E-state index in [1.54, 1.807) is 0 Å². The van der Waals surface area contributed by atoms with Gasteiger partial charge in [-0.25, -0.2) is 18.4 Å². The first-order valence-corrected chi connectivity index (χ1v) is 10.5. The molecule has 142 valence electrons. The number of aromatic nitrogens is 4. The van der Waals surface area contributed by atoms with Gasteiger partial charge in [-0.15, -0.1) is 0 Å². The predicted octanol–water partition coefficient (Wildman–Crippen LogP) is 0.969. The van der Waals surface area contributed by atoms with Crippen LogP contribution in [0.4, 0.5) is 17.5 Å². The number of hydrogen-bond donors (Lipinski definition) is 2. The van der Waals surface area contributed by atoms with E-state index < -0.39 is 9.84 Å². The van der Waals surface area contributed by atoms with Gasteiger partial charge in [-0.3, -0.25) is 5.10 Å². The van der Waals surface area contributed by atoms with Crippen LogP contribution in [0.1, 0.15) is 18.2 Å². The molecule has 2 aromatic heterocycles. The Hall–Kier alpha value is -2.20. The van der Waals surface area contributed by atoms with Crippen molar-refractivity contribution >= 4 is 27.3 Å². The van der Waals surface area contributed by atoms with Crippen molar-refractivity contribution in [3.05, 3.63) is 17.3 Å². The molecule has 0 aromatic carbocycles. The van der Waals surface area contributed by atoms with E-state index in [-0.39, 0.29) is 5.16 Å². The molecule has 2 N–H and O–H groups in total. The molecular weight excluding hydrogens is 354 g/mol. The molecule has 1 aliphatic heterocycles. The second-order valence-electron chi connectivity index (χ2n) is 6.63. The lowest BCUT2D eigenvalue weighted by Gasteiger charge is -2.34. The topological polar surface area (TPSA) is 107 Å². The van der Waals surface area contributed by atoms with Crippen LogP contribution in [0.3, 0.4) is 0 Å². The summed E-state index contributed by atoms with van der Waals surface area (Å²) in [7, 11) is -1.46. The first-order valence-electron chi connectivity index (χ1n) is 8.61. The van der Waals surface area contributed by atoms with Gasteiger partial charge in [0, 0.05) is 49.8 Å². The second-order valence-corrected chi connectivity index (χ2v) is 8.54. The standard InChI is InChI=1S/C16H25N7O2S/c1-5-12-14(17-13-10-11(2)20-21-13)18-16(26(4,24)25)19-15(12)23-8-6-22(3)7-9-23/h10H,5-9H2,1-4H3,(H2,17,18,19,20,21). The van der Waals surface area contributed by atoms with E-state index in [4.69, 9.17) is 0 Å². The maximum absolute atomic E-state index is 12.1. The van der Waals surface area contributed by atoms with Gasteiger partial charge in [-0.05, 0) is 20.4 Å². The first-order chi connectivity index (χ1) is 12.3. The summed E-state index contributed by atoms with van der Waals surface area (Å²) < 4.78 is 24.3. The van der Waals surface area contributed by atoms with Crippen molar-refractivity contribution in [1.82, 2.24) is 25.1 Å². The average molecular weight is 379 g/mol. The Morgan fingerprint density at radius 2 is 1.92 bits per heavy atom. The number of anilines is 3. The van der Waals surface area contributed by atoms with Crippen LogP contribution in [0.2, 0.25) is 0 Å². The highest BCUT2D eigenvalue weighted by Gasteiger charge is 2.24. The summed E-state index contributed by atoms with van der Waals surface area (Å²) in [5.74, 6) is 1.77. The molecule has 0 atom stereocenters. The number of nitrogens with zero attached hydrogens (tertiary/aromatic N) is 5. The highest BCUT2D eigenvalue weighted by Crippen LogP contribution is 2.29. The minimum Gasteiger partial charge on any atom is -0.354 e. The Morgan fingerprint density at radius 1 is 1.23 bits per heavy atom. The van der Waals surface area contributed by atoms with Crippen LogP contribution >= 0.6 is 0 Å². The molecule has 3 heterocycles. The van der Waals surface area contributed by atoms with Crippen molar-refractivity contribution in [1.29, 1.82) is 0 Å². The van der Waals surface area contributed by atoms with Gasteiger partial charge in [0.25, 0.3) is 5.16 Å². The van der Waals surface area contributed by atoms with E-state index in [2.05, 4.69) is 42.3 Å². The molecule has 10 heteroatoms. The maximum atomic E-state index is 12.1. The summed E-state index contributed by atoms with van der Waals surface area (Å²) in [6.45, 7) is 7.32. The molecule has 0 saturated carbocycles. The second kappa shape index (κ2) is 7.20. The predicted molar refractivity (Wildman–Crippen MR) is 101 cm³/mol. The van der Waals surface area contributed by atoms with Crippen LogP contribution < -0.4 is 10.2 Å². The molecule has 3 rings (SSSR count). The molecule has 0 bridgehead atoms. The summed E-state index contributed by atoms with van der Waals surface area (Å²) in [5.41, 5.74) is 1.80. The minimum atomic E-state index is -3.54. The van der Waals surface area contributed by atoms with Crippen LogP contribution in [-0.2, 0) is 16.3 Å². The normalized spacial score (nSPS) is 16.1. The third-order valence-electron chi connectivity index (χ3n) is 4.41. The monoisotopic (exact) mass is 379 g/mol. The highest BCUT2D eigenvalue weighted by atomic mass is 32.2. The van der Waals surface area contributed by atoms with Crippen molar-refractivity contribution in [3.63, 3.8) is 0 Å². The molecule has 1 fully saturated rings. The van der Waals surface area contributed by atoms with Gasteiger partial charge < -0.3 is 15.1 Å². The van der Waals surface area contributed by atoms with Crippen LogP contribution in [0.25, 0.3) is 0 Å². The molecular formula is C16H25N7O2S. The summed E-state index contributed by atoms with van der Waals surface area (Å²) in [6.07, 6.45) is 1.81. The molecule has 0 aliphatic carbocycles. The zero-order valence-electron chi connectivity index (χ0n) is 15.6. The number of aryl methyl sites for hydroxylation is 1. The lowest BCUT2D eigenvalue weighted by molar-refractivity contribution is 0.311. The van der Waals surface area contributed by atoms with Gasteiger partial charge in [-0.1, -0.05) is 6.92 Å². The molecule has 9 nitrogen and oxygen atoms in total. The third-order valence-corrected chi connectivity index (χ3v) is 5.25. The summed E-state index contributed by atoms with van der Waals surface area (Å²) in [5, 5.41) is 10.0. The van der Waals surface area contributed by atoms with E-state index >= 15 is 0 Å². The fraction of sp³-hybridized carbons (Fsp3) is 0.562. The van der Waals surface area contributed by atoms with Crippen LogP contribution in [0.15, 0.2) is 11.2 Å². The Balaban J connectivity index is 2.07. The zero-order chi connectivity index (χ0) is 18.9. The minimum absolute atomic E-state index is 0.168. The third kappa shape index (κ3) is 3.96. The van der Waals surface area contributed by atoms with E-state index in [0.29, 0.717) is 23.9 Å². The lowest BCUT2D eigenvalue weighted by Crippen LogP contribution is -2.45. The number of sulfone groups is 1. The number of piperazine rings is 1. The fourth-order valence-corrected chi connectivity index (χ4v) is 3.44.